The fraction of sp³-hybridized carbons (Fsp3) is 0.308. The van der Waals surface area contributed by atoms with Crippen LogP contribution in [0.25, 0.3) is 0 Å². The van der Waals surface area contributed by atoms with Crippen LogP contribution in [0.1, 0.15) is 41.6 Å². The van der Waals surface area contributed by atoms with Crippen molar-refractivity contribution in [2.75, 3.05) is 6.26 Å². The number of benzene rings is 2. The Morgan fingerprint density at radius 2 is 1.75 bits per heavy atom. The number of amides is 1. The molecule has 1 aliphatic carbocycles. The van der Waals surface area contributed by atoms with Gasteiger partial charge in [0.25, 0.3) is 5.91 Å². The Morgan fingerprint density at radius 3 is 2.42 bits per heavy atom. The van der Waals surface area contributed by atoms with Crippen molar-refractivity contribution in [2.24, 2.45) is 0 Å². The van der Waals surface area contributed by atoms with Crippen LogP contribution in [0.4, 0.5) is 4.39 Å². The van der Waals surface area contributed by atoms with Gasteiger partial charge in [0.1, 0.15) is 17.1 Å². The molecule has 1 aromatic heterocycles. The highest BCUT2D eigenvalue weighted by atomic mass is 32.2. The molecule has 1 heterocycles. The molecule has 0 radical (unpaired) electrons. The fourth-order valence-electron chi connectivity index (χ4n) is 4.11. The largest absolute Gasteiger partial charge is 0.438 e. The first kappa shape index (κ1) is 26.1. The number of carbonyl (C=O) groups is 1. The molecule has 1 amide bonds. The Kier molecular flexibility index (Phi) is 8.28. The number of nitrogens with one attached hydrogen (secondary N) is 2. The standard InChI is InChI=1S/C26H28FN3O4S2/c1-17-4-3-5-23(14-17)36(32,33)30-20-8-6-19(7-9-20)29-25(31)24-15-18(27)16-28-26(24)34-21-10-12-22(35-2)13-11-21/h3-5,10-16,19-20,30H,6-9H2,1-2H3,(H,29,31). The summed E-state index contributed by atoms with van der Waals surface area (Å²) in [7, 11) is -3.62. The number of ether oxygens (including phenoxy) is 1. The van der Waals surface area contributed by atoms with Crippen LogP contribution in [0.5, 0.6) is 11.6 Å². The van der Waals surface area contributed by atoms with E-state index in [2.05, 4.69) is 15.0 Å². The molecule has 7 nitrogen and oxygen atoms in total. The summed E-state index contributed by atoms with van der Waals surface area (Å²) in [4.78, 5) is 18.3. The summed E-state index contributed by atoms with van der Waals surface area (Å²) >= 11 is 1.59. The molecule has 4 rings (SSSR count). The molecule has 1 fully saturated rings. The molecule has 2 N–H and O–H groups in total. The summed E-state index contributed by atoms with van der Waals surface area (Å²) in [6.07, 6.45) is 5.29. The molecule has 0 saturated heterocycles. The van der Waals surface area contributed by atoms with E-state index < -0.39 is 21.7 Å². The predicted molar refractivity (Wildman–Crippen MR) is 138 cm³/mol. The lowest BCUT2D eigenvalue weighted by Crippen LogP contribution is -2.43. The number of hydrogen-bond donors (Lipinski definition) is 2. The SMILES string of the molecule is CSc1ccc(Oc2ncc(F)cc2C(=O)NC2CCC(NS(=O)(=O)c3cccc(C)c3)CC2)cc1. The molecule has 190 valence electrons. The van der Waals surface area contributed by atoms with E-state index >= 15 is 0 Å². The number of thioether (sulfide) groups is 1. The van der Waals surface area contributed by atoms with Crippen molar-refractivity contribution in [1.29, 1.82) is 0 Å². The van der Waals surface area contributed by atoms with E-state index in [0.717, 1.165) is 22.7 Å². The van der Waals surface area contributed by atoms with Crippen LogP contribution < -0.4 is 14.8 Å². The monoisotopic (exact) mass is 529 g/mol. The van der Waals surface area contributed by atoms with Gasteiger partial charge in [0, 0.05) is 17.0 Å². The van der Waals surface area contributed by atoms with Crippen LogP contribution in [-0.4, -0.2) is 37.6 Å². The van der Waals surface area contributed by atoms with Crippen molar-refractivity contribution in [1.82, 2.24) is 15.0 Å². The second kappa shape index (κ2) is 11.4. The molecule has 1 aliphatic rings. The Bertz CT molecular complexity index is 1330. The first-order chi connectivity index (χ1) is 17.2. The molecule has 0 bridgehead atoms. The zero-order valence-corrected chi connectivity index (χ0v) is 21.7. The molecule has 0 spiro atoms. The van der Waals surface area contributed by atoms with Crippen LogP contribution in [0.15, 0.2) is 70.6 Å². The maximum Gasteiger partial charge on any atom is 0.257 e. The van der Waals surface area contributed by atoms with Gasteiger partial charge in [-0.05, 0) is 86.9 Å². The van der Waals surface area contributed by atoms with E-state index in [-0.39, 0.29) is 28.4 Å². The maximum absolute atomic E-state index is 13.9. The van der Waals surface area contributed by atoms with Gasteiger partial charge < -0.3 is 10.1 Å². The maximum atomic E-state index is 13.9. The number of pyridine rings is 1. The van der Waals surface area contributed by atoms with E-state index in [1.165, 1.54) is 0 Å². The van der Waals surface area contributed by atoms with Crippen LogP contribution in [-0.2, 0) is 10.0 Å². The number of hydrogen-bond acceptors (Lipinski definition) is 6. The highest BCUT2D eigenvalue weighted by Gasteiger charge is 2.28. The molecule has 36 heavy (non-hydrogen) atoms. The van der Waals surface area contributed by atoms with E-state index in [1.54, 1.807) is 42.1 Å². The third-order valence-electron chi connectivity index (χ3n) is 6.02. The molecule has 0 unspecified atom stereocenters. The van der Waals surface area contributed by atoms with Crippen molar-refractivity contribution in [2.45, 2.75) is 54.5 Å². The number of carbonyl (C=O) groups excluding carboxylic acids is 1. The number of sulfonamides is 1. The molecule has 0 aliphatic heterocycles. The number of aromatic nitrogens is 1. The number of aryl methyl sites for hydroxylation is 1. The van der Waals surface area contributed by atoms with Gasteiger partial charge in [-0.15, -0.1) is 11.8 Å². The van der Waals surface area contributed by atoms with Crippen LogP contribution in [0, 0.1) is 12.7 Å². The van der Waals surface area contributed by atoms with Gasteiger partial charge in [0.15, 0.2) is 0 Å². The second-order valence-electron chi connectivity index (χ2n) is 8.74. The van der Waals surface area contributed by atoms with Crippen molar-refractivity contribution >= 4 is 27.7 Å². The minimum atomic E-state index is -3.62. The third kappa shape index (κ3) is 6.63. The Morgan fingerprint density at radius 1 is 1.06 bits per heavy atom. The molecule has 0 atom stereocenters. The number of nitrogens with zero attached hydrogens (tertiary/aromatic N) is 1. The number of halogens is 1. The second-order valence-corrected chi connectivity index (χ2v) is 11.3. The van der Waals surface area contributed by atoms with Crippen LogP contribution in [0.2, 0.25) is 0 Å². The zero-order chi connectivity index (χ0) is 25.7. The molecule has 2 aromatic carbocycles. The predicted octanol–water partition coefficient (Wildman–Crippen LogP) is 5.06. The topological polar surface area (TPSA) is 97.4 Å². The van der Waals surface area contributed by atoms with Gasteiger partial charge in [0.05, 0.1) is 11.1 Å². The molecule has 10 heteroatoms. The summed E-state index contributed by atoms with van der Waals surface area (Å²) in [5.74, 6) is -0.617. The molecule has 1 saturated carbocycles. The Labute approximate surface area is 214 Å². The Balaban J connectivity index is 1.37. The first-order valence-corrected chi connectivity index (χ1v) is 14.3. The minimum absolute atomic E-state index is 0.00576. The highest BCUT2D eigenvalue weighted by molar-refractivity contribution is 7.98. The minimum Gasteiger partial charge on any atom is -0.438 e. The van der Waals surface area contributed by atoms with Gasteiger partial charge in [-0.3, -0.25) is 4.79 Å². The lowest BCUT2D eigenvalue weighted by molar-refractivity contribution is 0.0921. The average Bonchev–Trinajstić information content (AvgIpc) is 2.86. The van der Waals surface area contributed by atoms with E-state index in [9.17, 15) is 17.6 Å². The lowest BCUT2D eigenvalue weighted by atomic mass is 9.91. The van der Waals surface area contributed by atoms with Crippen molar-refractivity contribution < 1.29 is 22.3 Å². The summed E-state index contributed by atoms with van der Waals surface area (Å²) in [6, 6.07) is 14.8. The van der Waals surface area contributed by atoms with Crippen LogP contribution in [0.3, 0.4) is 0 Å². The van der Waals surface area contributed by atoms with Gasteiger partial charge in [0.2, 0.25) is 15.9 Å². The van der Waals surface area contributed by atoms with Gasteiger partial charge in [-0.2, -0.15) is 0 Å². The quantitative estimate of drug-likeness (QED) is 0.396. The van der Waals surface area contributed by atoms with E-state index in [1.807, 2.05) is 31.4 Å². The van der Waals surface area contributed by atoms with E-state index in [0.29, 0.717) is 31.4 Å². The molecular formula is C26H28FN3O4S2. The fourth-order valence-corrected chi connectivity index (χ4v) is 5.93. The summed E-state index contributed by atoms with van der Waals surface area (Å²) in [5.41, 5.74) is 0.877. The summed E-state index contributed by atoms with van der Waals surface area (Å²) in [6.45, 7) is 1.85. The lowest BCUT2D eigenvalue weighted by Gasteiger charge is -2.29. The highest BCUT2D eigenvalue weighted by Crippen LogP contribution is 2.27. The first-order valence-electron chi connectivity index (χ1n) is 11.6. The van der Waals surface area contributed by atoms with Crippen molar-refractivity contribution in [3.05, 3.63) is 77.7 Å². The smallest absolute Gasteiger partial charge is 0.257 e. The normalized spacial score (nSPS) is 18.0. The van der Waals surface area contributed by atoms with Gasteiger partial charge in [-0.25, -0.2) is 22.5 Å². The number of rotatable bonds is 8. The third-order valence-corrected chi connectivity index (χ3v) is 8.28. The molecular weight excluding hydrogens is 501 g/mol. The van der Waals surface area contributed by atoms with Crippen LogP contribution >= 0.6 is 11.8 Å². The van der Waals surface area contributed by atoms with Gasteiger partial charge >= 0.3 is 0 Å². The average molecular weight is 530 g/mol. The Hall–Kier alpha value is -2.95. The summed E-state index contributed by atoms with van der Waals surface area (Å²) < 4.78 is 47.9. The van der Waals surface area contributed by atoms with Crippen molar-refractivity contribution in [3.8, 4) is 11.6 Å². The zero-order valence-electron chi connectivity index (χ0n) is 20.0. The van der Waals surface area contributed by atoms with Gasteiger partial charge in [-0.1, -0.05) is 12.1 Å². The summed E-state index contributed by atoms with van der Waals surface area (Å²) in [5, 5.41) is 2.92. The van der Waals surface area contributed by atoms with E-state index in [4.69, 9.17) is 4.74 Å². The van der Waals surface area contributed by atoms with Crippen molar-refractivity contribution in [3.63, 3.8) is 0 Å². The molecule has 3 aromatic rings.